The van der Waals surface area contributed by atoms with Gasteiger partial charge < -0.3 is 14.5 Å². The molecule has 26 heavy (non-hydrogen) atoms. The summed E-state index contributed by atoms with van der Waals surface area (Å²) in [4.78, 5) is 11.8. The molecule has 2 aromatic heterocycles. The Hall–Kier alpha value is -2.89. The van der Waals surface area contributed by atoms with Crippen molar-refractivity contribution in [1.82, 2.24) is 15.0 Å². The van der Waals surface area contributed by atoms with Crippen LogP contribution in [0, 0.1) is 12.7 Å². The third-order valence-corrected chi connectivity index (χ3v) is 4.04. The van der Waals surface area contributed by atoms with Crippen molar-refractivity contribution >= 4 is 0 Å². The monoisotopic (exact) mass is 355 g/mol. The van der Waals surface area contributed by atoms with Crippen molar-refractivity contribution in [3.8, 4) is 22.8 Å². The zero-order chi connectivity index (χ0) is 18.7. The highest BCUT2D eigenvalue weighted by Gasteiger charge is 2.13. The van der Waals surface area contributed by atoms with Gasteiger partial charge in [0.15, 0.2) is 0 Å². The second-order valence-electron chi connectivity index (χ2n) is 6.43. The minimum Gasteiger partial charge on any atom is -0.496 e. The first-order valence-corrected chi connectivity index (χ1v) is 8.45. The largest absolute Gasteiger partial charge is 0.496 e. The van der Waals surface area contributed by atoms with Crippen LogP contribution in [0.2, 0.25) is 0 Å². The Balaban J connectivity index is 1.79. The van der Waals surface area contributed by atoms with Crippen LogP contribution in [0.25, 0.3) is 11.3 Å². The first-order valence-electron chi connectivity index (χ1n) is 8.45. The molecule has 3 aromatic rings. The fourth-order valence-corrected chi connectivity index (χ4v) is 2.57. The number of benzene rings is 1. The highest BCUT2D eigenvalue weighted by atomic mass is 19.1. The van der Waals surface area contributed by atoms with Gasteiger partial charge in [0.2, 0.25) is 0 Å². The summed E-state index contributed by atoms with van der Waals surface area (Å²) in [5.74, 6) is 2.10. The number of ether oxygens (including phenoxy) is 2. The predicted octanol–water partition coefficient (Wildman–Crippen LogP) is 4.63. The van der Waals surface area contributed by atoms with Crippen molar-refractivity contribution in [3.63, 3.8) is 0 Å². The van der Waals surface area contributed by atoms with Crippen LogP contribution < -0.4 is 9.47 Å². The van der Waals surface area contributed by atoms with Gasteiger partial charge in [0.1, 0.15) is 35.4 Å². The van der Waals surface area contributed by atoms with Crippen LogP contribution in [-0.2, 0) is 6.61 Å². The van der Waals surface area contributed by atoms with Gasteiger partial charge in [-0.15, -0.1) is 0 Å². The van der Waals surface area contributed by atoms with E-state index < -0.39 is 0 Å². The Morgan fingerprint density at radius 2 is 1.96 bits per heavy atom. The average Bonchev–Trinajstić information content (AvgIpc) is 3.11. The van der Waals surface area contributed by atoms with E-state index in [1.165, 1.54) is 6.07 Å². The zero-order valence-corrected chi connectivity index (χ0v) is 15.3. The second kappa shape index (κ2) is 7.56. The number of halogens is 1. The van der Waals surface area contributed by atoms with Gasteiger partial charge in [0.05, 0.1) is 19.0 Å². The zero-order valence-electron chi connectivity index (χ0n) is 15.3. The van der Waals surface area contributed by atoms with E-state index in [0.717, 1.165) is 22.6 Å². The molecule has 1 aromatic carbocycles. The molecule has 0 atom stereocenters. The molecule has 0 aliphatic carbocycles. The number of methoxy groups -OCH3 is 1. The molecule has 1 N–H and O–H groups in total. The van der Waals surface area contributed by atoms with E-state index in [9.17, 15) is 4.39 Å². The van der Waals surface area contributed by atoms with Crippen LogP contribution in [0.5, 0.6) is 11.5 Å². The lowest BCUT2D eigenvalue weighted by Crippen LogP contribution is -2.02. The maximum atomic E-state index is 13.9. The van der Waals surface area contributed by atoms with Gasteiger partial charge in [0, 0.05) is 23.7 Å². The first-order chi connectivity index (χ1) is 12.5. The van der Waals surface area contributed by atoms with Gasteiger partial charge in [-0.05, 0) is 30.7 Å². The van der Waals surface area contributed by atoms with E-state index in [4.69, 9.17) is 9.47 Å². The highest BCUT2D eigenvalue weighted by molar-refractivity contribution is 5.68. The molecule has 0 unspecified atom stereocenters. The maximum Gasteiger partial charge on any atom is 0.148 e. The second-order valence-corrected chi connectivity index (χ2v) is 6.43. The van der Waals surface area contributed by atoms with E-state index in [1.54, 1.807) is 32.5 Å². The molecule has 0 saturated carbocycles. The number of aromatic amines is 1. The SMILES string of the molecule is COc1cc(OCc2ncc(C)cc2F)ccc1-c1cnc(C(C)C)[nH]1. The lowest BCUT2D eigenvalue weighted by atomic mass is 10.1. The van der Waals surface area contributed by atoms with Crippen molar-refractivity contribution in [2.45, 2.75) is 33.3 Å². The molecule has 0 radical (unpaired) electrons. The van der Waals surface area contributed by atoms with Crippen molar-refractivity contribution in [1.29, 1.82) is 0 Å². The quantitative estimate of drug-likeness (QED) is 0.700. The lowest BCUT2D eigenvalue weighted by molar-refractivity contribution is 0.292. The molecule has 0 aliphatic rings. The fraction of sp³-hybridized carbons (Fsp3) is 0.300. The molecule has 5 nitrogen and oxygen atoms in total. The van der Waals surface area contributed by atoms with Crippen LogP contribution >= 0.6 is 0 Å². The van der Waals surface area contributed by atoms with E-state index in [0.29, 0.717) is 17.4 Å². The van der Waals surface area contributed by atoms with Crippen molar-refractivity contribution in [2.24, 2.45) is 0 Å². The molecule has 0 spiro atoms. The van der Waals surface area contributed by atoms with Gasteiger partial charge in [-0.1, -0.05) is 13.8 Å². The van der Waals surface area contributed by atoms with E-state index in [2.05, 4.69) is 28.8 Å². The van der Waals surface area contributed by atoms with Gasteiger partial charge in [0.25, 0.3) is 0 Å². The summed E-state index contributed by atoms with van der Waals surface area (Å²) in [5, 5.41) is 0. The standard InChI is InChI=1S/C20H22FN3O2/c1-12(2)20-23-10-17(24-20)15-6-5-14(8-19(15)25-4)26-11-18-16(21)7-13(3)9-22-18/h5-10,12H,11H2,1-4H3,(H,23,24). The van der Waals surface area contributed by atoms with Gasteiger partial charge in [-0.3, -0.25) is 4.98 Å². The number of aromatic nitrogens is 3. The van der Waals surface area contributed by atoms with Crippen LogP contribution in [-0.4, -0.2) is 22.1 Å². The number of nitrogens with one attached hydrogen (secondary N) is 1. The Labute approximate surface area is 152 Å². The number of imidazole rings is 1. The normalized spacial score (nSPS) is 11.0. The van der Waals surface area contributed by atoms with E-state index in [1.807, 2.05) is 12.1 Å². The molecule has 2 heterocycles. The predicted molar refractivity (Wildman–Crippen MR) is 97.9 cm³/mol. The van der Waals surface area contributed by atoms with Gasteiger partial charge in [-0.25, -0.2) is 9.37 Å². The van der Waals surface area contributed by atoms with Crippen LogP contribution in [0.15, 0.2) is 36.7 Å². The number of rotatable bonds is 6. The minimum atomic E-state index is -0.368. The summed E-state index contributed by atoms with van der Waals surface area (Å²) in [7, 11) is 1.60. The number of pyridine rings is 1. The molecular weight excluding hydrogens is 333 g/mol. The number of nitrogens with zero attached hydrogens (tertiary/aromatic N) is 2. The molecule has 0 saturated heterocycles. The lowest BCUT2D eigenvalue weighted by Gasteiger charge is -2.11. The van der Waals surface area contributed by atoms with Crippen molar-refractivity contribution < 1.29 is 13.9 Å². The summed E-state index contributed by atoms with van der Waals surface area (Å²) >= 11 is 0. The Morgan fingerprint density at radius 1 is 1.15 bits per heavy atom. The molecule has 0 aliphatic heterocycles. The molecule has 6 heteroatoms. The average molecular weight is 355 g/mol. The molecule has 3 rings (SSSR count). The summed E-state index contributed by atoms with van der Waals surface area (Å²) in [6, 6.07) is 6.93. The van der Waals surface area contributed by atoms with E-state index in [-0.39, 0.29) is 18.1 Å². The highest BCUT2D eigenvalue weighted by Crippen LogP contribution is 2.33. The fourth-order valence-electron chi connectivity index (χ4n) is 2.57. The summed E-state index contributed by atoms with van der Waals surface area (Å²) in [6.45, 7) is 6.00. The third-order valence-electron chi connectivity index (χ3n) is 4.04. The minimum absolute atomic E-state index is 0.0518. The summed E-state index contributed by atoms with van der Waals surface area (Å²) < 4.78 is 25.0. The molecule has 136 valence electrons. The topological polar surface area (TPSA) is 60.0 Å². The van der Waals surface area contributed by atoms with Gasteiger partial charge in [-0.2, -0.15) is 0 Å². The Morgan fingerprint density at radius 3 is 2.62 bits per heavy atom. The molecule has 0 amide bonds. The number of hydrogen-bond donors (Lipinski definition) is 1. The Kier molecular flexibility index (Phi) is 5.21. The number of H-pyrrole nitrogens is 1. The number of hydrogen-bond acceptors (Lipinski definition) is 4. The molecular formula is C20H22FN3O2. The summed E-state index contributed by atoms with van der Waals surface area (Å²) in [5.41, 5.74) is 2.81. The van der Waals surface area contributed by atoms with Crippen LogP contribution in [0.3, 0.4) is 0 Å². The third kappa shape index (κ3) is 3.85. The van der Waals surface area contributed by atoms with Crippen LogP contribution in [0.1, 0.15) is 36.8 Å². The van der Waals surface area contributed by atoms with Crippen molar-refractivity contribution in [3.05, 3.63) is 59.6 Å². The van der Waals surface area contributed by atoms with Crippen molar-refractivity contribution in [2.75, 3.05) is 7.11 Å². The summed E-state index contributed by atoms with van der Waals surface area (Å²) in [6.07, 6.45) is 3.41. The smallest absolute Gasteiger partial charge is 0.148 e. The van der Waals surface area contributed by atoms with Gasteiger partial charge >= 0.3 is 0 Å². The van der Waals surface area contributed by atoms with Crippen LogP contribution in [0.4, 0.5) is 4.39 Å². The Bertz CT molecular complexity index is 906. The molecule has 0 fully saturated rings. The number of aryl methyl sites for hydroxylation is 1. The first kappa shape index (κ1) is 17.9. The maximum absolute atomic E-state index is 13.9. The van der Waals surface area contributed by atoms with E-state index >= 15 is 0 Å². The molecule has 0 bridgehead atoms.